The van der Waals surface area contributed by atoms with Crippen molar-refractivity contribution in [1.82, 2.24) is 0 Å². The highest BCUT2D eigenvalue weighted by Gasteiger charge is 2.35. The van der Waals surface area contributed by atoms with Gasteiger partial charge >= 0.3 is 0 Å². The first-order valence-corrected chi connectivity index (χ1v) is 6.42. The Balaban J connectivity index is 4.42. The molecule has 0 heterocycles. The zero-order valence-corrected chi connectivity index (χ0v) is 11.7. The van der Waals surface area contributed by atoms with E-state index >= 15 is 0 Å². The number of hydrogen-bond donors (Lipinski definition) is 1. The standard InChI is InChI=1S/C14H30O/c1-10(2)8-13(7)9-14(15,11(3)4)12(5)6/h10-13,15H,8-9H2,1-7H3. The molecule has 1 nitrogen and oxygen atoms in total. The molecule has 92 valence electrons. The van der Waals surface area contributed by atoms with Gasteiger partial charge in [-0.3, -0.25) is 0 Å². The molecule has 1 heteroatoms. The lowest BCUT2D eigenvalue weighted by atomic mass is 9.73. The second-order valence-corrected chi connectivity index (χ2v) is 6.24. The van der Waals surface area contributed by atoms with Crippen molar-refractivity contribution in [2.45, 2.75) is 66.9 Å². The number of aliphatic hydroxyl groups is 1. The van der Waals surface area contributed by atoms with Gasteiger partial charge in [-0.25, -0.2) is 0 Å². The lowest BCUT2D eigenvalue weighted by Gasteiger charge is -2.38. The molecule has 0 spiro atoms. The van der Waals surface area contributed by atoms with E-state index < -0.39 is 5.60 Å². The maximum atomic E-state index is 10.6. The molecule has 0 rings (SSSR count). The topological polar surface area (TPSA) is 20.2 Å². The Labute approximate surface area is 96.3 Å². The second-order valence-electron chi connectivity index (χ2n) is 6.24. The van der Waals surface area contributed by atoms with Crippen molar-refractivity contribution in [3.8, 4) is 0 Å². The highest BCUT2D eigenvalue weighted by atomic mass is 16.3. The molecule has 0 saturated carbocycles. The van der Waals surface area contributed by atoms with Gasteiger partial charge in [0.1, 0.15) is 0 Å². The van der Waals surface area contributed by atoms with Crippen LogP contribution in [0.25, 0.3) is 0 Å². The van der Waals surface area contributed by atoms with Crippen molar-refractivity contribution in [1.29, 1.82) is 0 Å². The minimum atomic E-state index is -0.492. The molecule has 1 N–H and O–H groups in total. The van der Waals surface area contributed by atoms with Crippen LogP contribution in [-0.4, -0.2) is 10.7 Å². The quantitative estimate of drug-likeness (QED) is 0.705. The normalized spacial score (nSPS) is 15.4. The molecule has 1 unspecified atom stereocenters. The number of hydrogen-bond acceptors (Lipinski definition) is 1. The van der Waals surface area contributed by atoms with Crippen molar-refractivity contribution >= 4 is 0 Å². The molecule has 0 bridgehead atoms. The Morgan fingerprint density at radius 1 is 0.867 bits per heavy atom. The zero-order chi connectivity index (χ0) is 12.2. The molecule has 0 radical (unpaired) electrons. The van der Waals surface area contributed by atoms with Crippen molar-refractivity contribution in [3.63, 3.8) is 0 Å². The summed E-state index contributed by atoms with van der Waals surface area (Å²) in [5.41, 5.74) is -0.492. The van der Waals surface area contributed by atoms with E-state index in [1.54, 1.807) is 0 Å². The van der Waals surface area contributed by atoms with Crippen LogP contribution in [0.3, 0.4) is 0 Å². The Morgan fingerprint density at radius 2 is 1.27 bits per heavy atom. The Bertz CT molecular complexity index is 162. The van der Waals surface area contributed by atoms with Gasteiger partial charge in [0, 0.05) is 0 Å². The maximum absolute atomic E-state index is 10.6. The lowest BCUT2D eigenvalue weighted by molar-refractivity contribution is -0.0656. The largest absolute Gasteiger partial charge is 0.389 e. The molecule has 0 aliphatic carbocycles. The van der Waals surface area contributed by atoms with Gasteiger partial charge in [-0.2, -0.15) is 0 Å². The van der Waals surface area contributed by atoms with E-state index in [0.717, 1.165) is 12.3 Å². The van der Waals surface area contributed by atoms with Gasteiger partial charge in [0.2, 0.25) is 0 Å². The fourth-order valence-corrected chi connectivity index (χ4v) is 2.58. The minimum absolute atomic E-state index is 0.340. The first-order valence-electron chi connectivity index (χ1n) is 6.42. The summed E-state index contributed by atoms with van der Waals surface area (Å²) in [4.78, 5) is 0. The van der Waals surface area contributed by atoms with E-state index in [4.69, 9.17) is 0 Å². The van der Waals surface area contributed by atoms with Crippen LogP contribution in [0.4, 0.5) is 0 Å². The SMILES string of the molecule is CC(C)CC(C)CC(O)(C(C)C)C(C)C. The fraction of sp³-hybridized carbons (Fsp3) is 1.00. The lowest BCUT2D eigenvalue weighted by Crippen LogP contribution is -2.42. The second kappa shape index (κ2) is 5.89. The summed E-state index contributed by atoms with van der Waals surface area (Å²) >= 11 is 0. The van der Waals surface area contributed by atoms with Crippen LogP contribution in [-0.2, 0) is 0 Å². The molecule has 0 aromatic rings. The molecule has 0 saturated heterocycles. The summed E-state index contributed by atoms with van der Waals surface area (Å²) in [6, 6.07) is 0. The van der Waals surface area contributed by atoms with Crippen LogP contribution >= 0.6 is 0 Å². The average Bonchev–Trinajstić information content (AvgIpc) is 2.01. The van der Waals surface area contributed by atoms with Crippen molar-refractivity contribution in [2.24, 2.45) is 23.7 Å². The molecule has 0 aromatic carbocycles. The summed E-state index contributed by atoms with van der Waals surface area (Å²) in [6.07, 6.45) is 2.14. The molecule has 1 atom stereocenters. The molecule has 0 fully saturated rings. The molecular weight excluding hydrogens is 184 g/mol. The third-order valence-electron chi connectivity index (χ3n) is 3.55. The highest BCUT2D eigenvalue weighted by Crippen LogP contribution is 2.34. The third-order valence-corrected chi connectivity index (χ3v) is 3.55. The first-order chi connectivity index (χ1) is 6.70. The van der Waals surface area contributed by atoms with E-state index in [-0.39, 0.29) is 0 Å². The van der Waals surface area contributed by atoms with Gasteiger partial charge in [0.15, 0.2) is 0 Å². The predicted octanol–water partition coefficient (Wildman–Crippen LogP) is 4.10. The third kappa shape index (κ3) is 4.55. The Hall–Kier alpha value is -0.0400. The van der Waals surface area contributed by atoms with E-state index in [9.17, 15) is 5.11 Å². The summed E-state index contributed by atoms with van der Waals surface area (Å²) < 4.78 is 0. The molecule has 0 amide bonds. The van der Waals surface area contributed by atoms with Crippen LogP contribution in [0.2, 0.25) is 0 Å². The molecule has 0 aliphatic rings. The van der Waals surface area contributed by atoms with Crippen LogP contribution < -0.4 is 0 Å². The molecule has 15 heavy (non-hydrogen) atoms. The average molecular weight is 214 g/mol. The van der Waals surface area contributed by atoms with Crippen LogP contribution in [0, 0.1) is 23.7 Å². The maximum Gasteiger partial charge on any atom is 0.0695 e. The summed E-state index contributed by atoms with van der Waals surface area (Å²) in [7, 11) is 0. The highest BCUT2D eigenvalue weighted by molar-refractivity contribution is 4.86. The fourth-order valence-electron chi connectivity index (χ4n) is 2.58. The van der Waals surface area contributed by atoms with Gasteiger partial charge < -0.3 is 5.11 Å². The summed E-state index contributed by atoms with van der Waals surface area (Å²) in [5.74, 6) is 2.02. The monoisotopic (exact) mass is 214 g/mol. The van der Waals surface area contributed by atoms with Crippen molar-refractivity contribution in [3.05, 3.63) is 0 Å². The smallest absolute Gasteiger partial charge is 0.0695 e. The molecular formula is C14H30O. The van der Waals surface area contributed by atoms with Gasteiger partial charge in [-0.15, -0.1) is 0 Å². The zero-order valence-electron chi connectivity index (χ0n) is 11.7. The summed E-state index contributed by atoms with van der Waals surface area (Å²) in [5, 5.41) is 10.6. The Kier molecular flexibility index (Phi) is 5.87. The Morgan fingerprint density at radius 3 is 1.53 bits per heavy atom. The van der Waals surface area contributed by atoms with Gasteiger partial charge in [-0.1, -0.05) is 48.5 Å². The van der Waals surface area contributed by atoms with Crippen LogP contribution in [0.1, 0.15) is 61.3 Å². The van der Waals surface area contributed by atoms with Crippen LogP contribution in [0.5, 0.6) is 0 Å². The summed E-state index contributed by atoms with van der Waals surface area (Å²) in [6.45, 7) is 15.3. The van der Waals surface area contributed by atoms with Gasteiger partial charge in [0.25, 0.3) is 0 Å². The van der Waals surface area contributed by atoms with E-state index in [1.165, 1.54) is 6.42 Å². The minimum Gasteiger partial charge on any atom is -0.389 e. The van der Waals surface area contributed by atoms with Crippen LogP contribution in [0.15, 0.2) is 0 Å². The first kappa shape index (κ1) is 15.0. The molecule has 0 aromatic heterocycles. The van der Waals surface area contributed by atoms with E-state index in [1.807, 2.05) is 0 Å². The number of rotatable bonds is 6. The van der Waals surface area contributed by atoms with Crippen molar-refractivity contribution in [2.75, 3.05) is 0 Å². The van der Waals surface area contributed by atoms with Gasteiger partial charge in [0.05, 0.1) is 5.60 Å². The van der Waals surface area contributed by atoms with E-state index in [2.05, 4.69) is 48.5 Å². The predicted molar refractivity (Wildman–Crippen MR) is 67.9 cm³/mol. The van der Waals surface area contributed by atoms with Gasteiger partial charge in [-0.05, 0) is 36.5 Å². The van der Waals surface area contributed by atoms with Crippen molar-refractivity contribution < 1.29 is 5.11 Å². The van der Waals surface area contributed by atoms with E-state index in [0.29, 0.717) is 17.8 Å². The molecule has 0 aliphatic heterocycles.